The van der Waals surface area contributed by atoms with Crippen LogP contribution in [0.1, 0.15) is 49.3 Å². The summed E-state index contributed by atoms with van der Waals surface area (Å²) in [6, 6.07) is 19.9. The third-order valence-electron chi connectivity index (χ3n) is 9.18. The number of fused-ring (bicyclic) bond motifs is 1. The number of unbranched alkanes of at least 4 members (excludes halogenated alkanes) is 1. The summed E-state index contributed by atoms with van der Waals surface area (Å²) in [6.45, 7) is 1.95. The number of rotatable bonds is 22. The summed E-state index contributed by atoms with van der Waals surface area (Å²) in [6.07, 6.45) is 6.86. The number of carbonyl (C=O) groups excluding carboxylic acids is 5. The summed E-state index contributed by atoms with van der Waals surface area (Å²) >= 11 is 1.50. The molecule has 4 aromatic rings. The molecule has 0 radical (unpaired) electrons. The maximum Gasteiger partial charge on any atom is 0.243 e. The lowest BCUT2D eigenvalue weighted by Crippen LogP contribution is -2.56. The number of phenolic OH excluding ortho intramolecular Hbond substituents is 1. The van der Waals surface area contributed by atoms with Crippen LogP contribution in [0, 0.1) is 0 Å². The molecule has 3 aromatic carbocycles. The zero-order chi connectivity index (χ0) is 39.6. The first-order valence-corrected chi connectivity index (χ1v) is 20.0. The van der Waals surface area contributed by atoms with Crippen molar-refractivity contribution >= 4 is 52.2 Å². The largest absolute Gasteiger partial charge is 0.508 e. The molecule has 5 amide bonds. The van der Waals surface area contributed by atoms with E-state index in [9.17, 15) is 29.1 Å². The number of hydrogen-bond acceptors (Lipinski definition) is 8. The Hall–Kier alpha value is -5.34. The van der Waals surface area contributed by atoms with E-state index >= 15 is 0 Å². The van der Waals surface area contributed by atoms with E-state index in [-0.39, 0.29) is 24.5 Å². The second-order valence-electron chi connectivity index (χ2n) is 13.5. The number of hydrogen-bond donors (Lipinski definition) is 8. The highest BCUT2D eigenvalue weighted by atomic mass is 32.2. The Morgan fingerprint density at radius 3 is 2.15 bits per heavy atom. The van der Waals surface area contributed by atoms with Crippen LogP contribution in [-0.4, -0.2) is 88.9 Å². The van der Waals surface area contributed by atoms with E-state index in [0.717, 1.165) is 34.0 Å². The van der Waals surface area contributed by atoms with Crippen LogP contribution in [0.2, 0.25) is 0 Å². The first kappa shape index (κ1) is 42.4. The van der Waals surface area contributed by atoms with Gasteiger partial charge < -0.3 is 42.4 Å². The van der Waals surface area contributed by atoms with Crippen LogP contribution >= 0.6 is 11.8 Å². The number of carbonyl (C=O) groups is 5. The number of aromatic amines is 1. The van der Waals surface area contributed by atoms with Crippen molar-refractivity contribution in [2.45, 2.75) is 76.0 Å². The number of nitrogens with two attached hydrogens (primary N) is 1. The molecule has 4 atom stereocenters. The Kier molecular flexibility index (Phi) is 17.1. The van der Waals surface area contributed by atoms with Crippen molar-refractivity contribution in [2.75, 3.05) is 25.1 Å². The van der Waals surface area contributed by atoms with Gasteiger partial charge >= 0.3 is 0 Å². The Balaban J connectivity index is 1.41. The lowest BCUT2D eigenvalue weighted by molar-refractivity contribution is -0.133. The van der Waals surface area contributed by atoms with Gasteiger partial charge in [-0.2, -0.15) is 11.8 Å². The van der Waals surface area contributed by atoms with E-state index < -0.39 is 54.3 Å². The summed E-state index contributed by atoms with van der Waals surface area (Å²) in [5.74, 6) is -1.90. The molecule has 0 bridgehead atoms. The van der Waals surface area contributed by atoms with Gasteiger partial charge in [0.15, 0.2) is 0 Å². The second kappa shape index (κ2) is 22.1. The zero-order valence-electron chi connectivity index (χ0n) is 31.4. The van der Waals surface area contributed by atoms with E-state index in [1.165, 1.54) is 23.9 Å². The van der Waals surface area contributed by atoms with Crippen molar-refractivity contribution in [3.05, 3.63) is 102 Å². The molecule has 0 saturated heterocycles. The summed E-state index contributed by atoms with van der Waals surface area (Å²) in [4.78, 5) is 70.2. The molecule has 294 valence electrons. The lowest BCUT2D eigenvalue weighted by Gasteiger charge is -2.24. The van der Waals surface area contributed by atoms with Crippen LogP contribution in [0.5, 0.6) is 5.75 Å². The summed E-state index contributed by atoms with van der Waals surface area (Å²) in [7, 11) is 0. The van der Waals surface area contributed by atoms with Crippen LogP contribution < -0.4 is 32.3 Å². The highest BCUT2D eigenvalue weighted by molar-refractivity contribution is 7.98. The molecule has 9 N–H and O–H groups in total. The van der Waals surface area contributed by atoms with Gasteiger partial charge in [-0.3, -0.25) is 24.0 Å². The number of benzene rings is 3. The average molecular weight is 772 g/mol. The monoisotopic (exact) mass is 771 g/mol. The number of aromatic nitrogens is 1. The minimum absolute atomic E-state index is 0.0956. The standard InChI is InChI=1S/C41H53N7O6S/c1-3-4-13-34(39(52)43-21-19-27-10-6-5-7-11-27)48-41(54)36(24-29-25-44-33-14-9-8-12-31(29)33)46-37(50)26-45-40(53)35(20-22-55-2)47-38(51)32(42)23-28-15-17-30(49)18-16-28/h5-12,14-18,25,32,34-36,44,49H,3-4,13,19-24,26,42H2,1-2H3,(H,43,52)(H,45,53)(H,46,50)(H,47,51)(H,48,54)/t32-,34-,35-,36+/m0/s1. The van der Waals surface area contributed by atoms with E-state index in [1.807, 2.05) is 67.8 Å². The van der Waals surface area contributed by atoms with Crippen molar-refractivity contribution in [2.24, 2.45) is 5.73 Å². The first-order chi connectivity index (χ1) is 26.6. The SMILES string of the molecule is CCCC[C@H](NC(=O)[C@@H](Cc1c[nH]c2ccccc12)NC(=O)CNC(=O)[C@H](CCSC)NC(=O)[C@@H](N)Cc1ccc(O)cc1)C(=O)NCCc1ccccc1. The molecule has 4 rings (SSSR count). The van der Waals surface area contributed by atoms with Crippen molar-refractivity contribution < 1.29 is 29.1 Å². The summed E-state index contributed by atoms with van der Waals surface area (Å²) in [5.41, 5.74) is 9.64. The molecule has 0 unspecified atom stereocenters. The van der Waals surface area contributed by atoms with Gasteiger partial charge in [-0.15, -0.1) is 0 Å². The topological polar surface area (TPSA) is 208 Å². The Bertz CT molecular complexity index is 1850. The van der Waals surface area contributed by atoms with Crippen molar-refractivity contribution in [3.8, 4) is 5.75 Å². The fourth-order valence-corrected chi connectivity index (χ4v) is 6.55. The normalized spacial score (nSPS) is 13.2. The predicted molar refractivity (Wildman–Crippen MR) is 216 cm³/mol. The van der Waals surface area contributed by atoms with Crippen LogP contribution in [0.15, 0.2) is 85.1 Å². The van der Waals surface area contributed by atoms with Gasteiger partial charge in [0, 0.05) is 30.1 Å². The zero-order valence-corrected chi connectivity index (χ0v) is 32.3. The maximum atomic E-state index is 13.9. The molecule has 55 heavy (non-hydrogen) atoms. The van der Waals surface area contributed by atoms with Crippen molar-refractivity contribution in [1.29, 1.82) is 0 Å². The van der Waals surface area contributed by atoms with E-state index in [0.29, 0.717) is 38.0 Å². The van der Waals surface area contributed by atoms with Crippen molar-refractivity contribution in [1.82, 2.24) is 31.6 Å². The minimum atomic E-state index is -1.07. The van der Waals surface area contributed by atoms with Gasteiger partial charge in [0.2, 0.25) is 29.5 Å². The van der Waals surface area contributed by atoms with Crippen LogP contribution in [0.25, 0.3) is 10.9 Å². The summed E-state index contributed by atoms with van der Waals surface area (Å²) in [5, 5.41) is 24.3. The lowest BCUT2D eigenvalue weighted by atomic mass is 10.0. The third-order valence-corrected chi connectivity index (χ3v) is 9.83. The average Bonchev–Trinajstić information content (AvgIpc) is 3.60. The number of amides is 5. The Labute approximate surface area is 326 Å². The highest BCUT2D eigenvalue weighted by Crippen LogP contribution is 2.19. The van der Waals surface area contributed by atoms with Gasteiger partial charge in [0.1, 0.15) is 23.9 Å². The third kappa shape index (κ3) is 13.8. The Morgan fingerprint density at radius 2 is 1.42 bits per heavy atom. The van der Waals surface area contributed by atoms with Gasteiger partial charge in [0.25, 0.3) is 0 Å². The first-order valence-electron chi connectivity index (χ1n) is 18.6. The molecule has 14 heteroatoms. The molecule has 0 saturated carbocycles. The van der Waals surface area contributed by atoms with Crippen LogP contribution in [-0.2, 0) is 43.2 Å². The number of para-hydroxylation sites is 1. The van der Waals surface area contributed by atoms with E-state index in [2.05, 4.69) is 31.6 Å². The molecule has 0 aliphatic heterocycles. The van der Waals surface area contributed by atoms with Gasteiger partial charge in [-0.25, -0.2) is 0 Å². The minimum Gasteiger partial charge on any atom is -0.508 e. The number of nitrogens with one attached hydrogen (secondary N) is 6. The molecule has 13 nitrogen and oxygen atoms in total. The predicted octanol–water partition coefficient (Wildman–Crippen LogP) is 2.86. The molecule has 1 heterocycles. The maximum absolute atomic E-state index is 13.9. The van der Waals surface area contributed by atoms with Gasteiger partial charge in [-0.1, -0.05) is 80.4 Å². The number of H-pyrrole nitrogens is 1. The highest BCUT2D eigenvalue weighted by Gasteiger charge is 2.29. The second-order valence-corrected chi connectivity index (χ2v) is 14.4. The quantitative estimate of drug-likeness (QED) is 0.0595. The fraction of sp³-hybridized carbons (Fsp3) is 0.390. The summed E-state index contributed by atoms with van der Waals surface area (Å²) < 4.78 is 0. The number of thioether (sulfide) groups is 1. The molecular weight excluding hydrogens is 719 g/mol. The molecule has 0 spiro atoms. The molecule has 0 aliphatic carbocycles. The van der Waals surface area contributed by atoms with Crippen LogP contribution in [0.4, 0.5) is 0 Å². The van der Waals surface area contributed by atoms with E-state index in [1.54, 1.807) is 18.3 Å². The van der Waals surface area contributed by atoms with Crippen LogP contribution in [0.3, 0.4) is 0 Å². The van der Waals surface area contributed by atoms with Gasteiger partial charge in [0.05, 0.1) is 12.6 Å². The number of phenols is 1. The molecule has 0 fully saturated rings. The van der Waals surface area contributed by atoms with E-state index in [4.69, 9.17) is 5.73 Å². The number of aromatic hydroxyl groups is 1. The molecule has 0 aliphatic rings. The molecule has 1 aromatic heterocycles. The fourth-order valence-electron chi connectivity index (χ4n) is 6.07. The smallest absolute Gasteiger partial charge is 0.243 e. The van der Waals surface area contributed by atoms with Crippen molar-refractivity contribution in [3.63, 3.8) is 0 Å². The Morgan fingerprint density at radius 1 is 0.745 bits per heavy atom. The van der Waals surface area contributed by atoms with Gasteiger partial charge in [-0.05, 0) is 72.6 Å². The molecular formula is C41H53N7O6S.